The predicted octanol–water partition coefficient (Wildman–Crippen LogP) is 1.10. The number of aromatic nitrogens is 4. The van der Waals surface area contributed by atoms with E-state index in [2.05, 4.69) is 15.3 Å². The highest BCUT2D eigenvalue weighted by atomic mass is 19.4. The third-order valence-corrected chi connectivity index (χ3v) is 3.45. The topological polar surface area (TPSA) is 66.5 Å². The van der Waals surface area contributed by atoms with Crippen molar-refractivity contribution in [3.8, 4) is 0 Å². The van der Waals surface area contributed by atoms with Crippen LogP contribution in [-0.2, 0) is 6.18 Å². The molecule has 0 unspecified atom stereocenters. The molecule has 20 heavy (non-hydrogen) atoms. The minimum absolute atomic E-state index is 0.0346. The number of hydrogen-bond donors (Lipinski definition) is 1. The van der Waals surface area contributed by atoms with Crippen LogP contribution in [0.2, 0.25) is 0 Å². The number of rotatable bonds is 2. The van der Waals surface area contributed by atoms with Gasteiger partial charge in [0.2, 0.25) is 0 Å². The highest BCUT2D eigenvalue weighted by molar-refractivity contribution is 5.48. The Balaban J connectivity index is 1.95. The fraction of sp³-hybridized carbons (Fsp3) is 0.545. The van der Waals surface area contributed by atoms with E-state index in [1.54, 1.807) is 11.0 Å². The fourth-order valence-corrected chi connectivity index (χ4v) is 2.17. The largest absolute Gasteiger partial charge is 0.453 e. The van der Waals surface area contributed by atoms with Crippen molar-refractivity contribution in [1.29, 1.82) is 0 Å². The van der Waals surface area contributed by atoms with Crippen LogP contribution in [-0.4, -0.2) is 43.6 Å². The van der Waals surface area contributed by atoms with Crippen LogP contribution in [0.25, 0.3) is 5.65 Å². The first-order chi connectivity index (χ1) is 9.32. The lowest BCUT2D eigenvalue weighted by atomic mass is 9.91. The van der Waals surface area contributed by atoms with Crippen LogP contribution in [0, 0.1) is 0 Å². The van der Waals surface area contributed by atoms with Gasteiger partial charge in [-0.3, -0.25) is 0 Å². The van der Waals surface area contributed by atoms with E-state index in [9.17, 15) is 18.3 Å². The van der Waals surface area contributed by atoms with Crippen molar-refractivity contribution < 1.29 is 18.3 Å². The first-order valence-electron chi connectivity index (χ1n) is 6.09. The zero-order valence-corrected chi connectivity index (χ0v) is 10.6. The molecular formula is C11H12F3N5O. The number of fused-ring (bicyclic) bond motifs is 1. The monoisotopic (exact) mass is 287 g/mol. The van der Waals surface area contributed by atoms with Crippen LogP contribution in [0.3, 0.4) is 0 Å². The van der Waals surface area contributed by atoms with Crippen LogP contribution in [0.15, 0.2) is 12.1 Å². The van der Waals surface area contributed by atoms with Gasteiger partial charge in [0, 0.05) is 0 Å². The average Bonchev–Trinajstić information content (AvgIpc) is 2.77. The van der Waals surface area contributed by atoms with Crippen LogP contribution in [0.5, 0.6) is 0 Å². The number of aliphatic hydroxyl groups is 1. The molecule has 1 aliphatic rings. The van der Waals surface area contributed by atoms with E-state index in [0.29, 0.717) is 29.8 Å². The summed E-state index contributed by atoms with van der Waals surface area (Å²) >= 11 is 0. The van der Waals surface area contributed by atoms with Gasteiger partial charge < -0.3 is 10.0 Å². The molecule has 9 heteroatoms. The van der Waals surface area contributed by atoms with Crippen molar-refractivity contribution in [2.75, 3.05) is 18.0 Å². The van der Waals surface area contributed by atoms with Crippen molar-refractivity contribution in [1.82, 2.24) is 19.8 Å². The lowest BCUT2D eigenvalue weighted by Crippen LogP contribution is -2.62. The van der Waals surface area contributed by atoms with Gasteiger partial charge in [-0.2, -0.15) is 17.7 Å². The Kier molecular flexibility index (Phi) is 2.65. The summed E-state index contributed by atoms with van der Waals surface area (Å²) in [7, 11) is 0. The zero-order valence-electron chi connectivity index (χ0n) is 10.6. The molecule has 108 valence electrons. The molecule has 1 N–H and O–H groups in total. The van der Waals surface area contributed by atoms with Gasteiger partial charge in [0.25, 0.3) is 5.82 Å². The summed E-state index contributed by atoms with van der Waals surface area (Å²) in [4.78, 5) is 1.71. The molecule has 2 aromatic heterocycles. The molecule has 0 saturated carbocycles. The molecule has 0 aromatic carbocycles. The number of β-amino-alcohol motifs (C(OH)–C–C–N with tert-alkyl or cyclic N) is 1. The Morgan fingerprint density at radius 1 is 1.30 bits per heavy atom. The normalized spacial score (nSPS) is 18.4. The van der Waals surface area contributed by atoms with Crippen LogP contribution in [0.1, 0.15) is 19.2 Å². The van der Waals surface area contributed by atoms with Gasteiger partial charge in [0.1, 0.15) is 5.82 Å². The summed E-state index contributed by atoms with van der Waals surface area (Å²) in [6.07, 6.45) is -4.02. The van der Waals surface area contributed by atoms with E-state index >= 15 is 0 Å². The summed E-state index contributed by atoms with van der Waals surface area (Å²) in [6.45, 7) is 2.56. The highest BCUT2D eigenvalue weighted by Gasteiger charge is 2.41. The maximum atomic E-state index is 12.7. The molecule has 3 rings (SSSR count). The molecule has 0 radical (unpaired) electrons. The fourth-order valence-electron chi connectivity index (χ4n) is 2.17. The maximum Gasteiger partial charge on any atom is 0.453 e. The van der Waals surface area contributed by atoms with Crippen molar-refractivity contribution in [3.63, 3.8) is 0 Å². The first kappa shape index (κ1) is 13.1. The van der Waals surface area contributed by atoms with Crippen molar-refractivity contribution in [2.45, 2.75) is 25.1 Å². The van der Waals surface area contributed by atoms with Crippen LogP contribution in [0.4, 0.5) is 19.0 Å². The van der Waals surface area contributed by atoms with Crippen LogP contribution < -0.4 is 4.90 Å². The smallest absolute Gasteiger partial charge is 0.386 e. The third-order valence-electron chi connectivity index (χ3n) is 3.45. The standard InChI is InChI=1S/C11H12F3N5O/c1-2-10(20)5-18(6-10)8-4-3-7-15-16-9(11(12,13)14)19(7)17-8/h3-4,20H,2,5-6H2,1H3. The molecule has 6 nitrogen and oxygen atoms in total. The third kappa shape index (κ3) is 1.98. The highest BCUT2D eigenvalue weighted by Crippen LogP contribution is 2.30. The van der Waals surface area contributed by atoms with Gasteiger partial charge in [0.05, 0.1) is 18.7 Å². The summed E-state index contributed by atoms with van der Waals surface area (Å²) in [5, 5.41) is 20.4. The second-order valence-corrected chi connectivity index (χ2v) is 4.92. The SMILES string of the molecule is CCC1(O)CN(c2ccc3nnc(C(F)(F)F)n3n2)C1. The zero-order chi connectivity index (χ0) is 14.5. The second-order valence-electron chi connectivity index (χ2n) is 4.92. The van der Waals surface area contributed by atoms with E-state index in [-0.39, 0.29) is 5.65 Å². The number of anilines is 1. The maximum absolute atomic E-state index is 12.7. The van der Waals surface area contributed by atoms with E-state index in [4.69, 9.17) is 0 Å². The Morgan fingerprint density at radius 3 is 2.60 bits per heavy atom. The van der Waals surface area contributed by atoms with E-state index in [1.807, 2.05) is 6.92 Å². The molecule has 0 amide bonds. The minimum atomic E-state index is -4.61. The van der Waals surface area contributed by atoms with E-state index in [0.717, 1.165) is 0 Å². The lowest BCUT2D eigenvalue weighted by Gasteiger charge is -2.46. The van der Waals surface area contributed by atoms with Crippen molar-refractivity contribution in [2.24, 2.45) is 0 Å². The van der Waals surface area contributed by atoms with E-state index < -0.39 is 17.6 Å². The van der Waals surface area contributed by atoms with Gasteiger partial charge in [-0.25, -0.2) is 0 Å². The van der Waals surface area contributed by atoms with Gasteiger partial charge in [-0.15, -0.1) is 15.3 Å². The molecule has 0 spiro atoms. The summed E-state index contributed by atoms with van der Waals surface area (Å²) in [5.74, 6) is -0.790. The minimum Gasteiger partial charge on any atom is -0.386 e. The van der Waals surface area contributed by atoms with Crippen molar-refractivity contribution >= 4 is 11.5 Å². The summed E-state index contributed by atoms with van der Waals surface area (Å²) < 4.78 is 38.9. The Labute approximate surface area is 111 Å². The molecule has 1 aliphatic heterocycles. The molecule has 0 aliphatic carbocycles. The average molecular weight is 287 g/mol. The molecule has 3 heterocycles. The van der Waals surface area contributed by atoms with Crippen molar-refractivity contribution in [3.05, 3.63) is 18.0 Å². The Morgan fingerprint density at radius 2 is 2.00 bits per heavy atom. The van der Waals surface area contributed by atoms with Gasteiger partial charge in [0.15, 0.2) is 5.65 Å². The molecular weight excluding hydrogens is 275 g/mol. The van der Waals surface area contributed by atoms with Gasteiger partial charge in [-0.1, -0.05) is 6.92 Å². The molecule has 2 aromatic rings. The number of nitrogens with zero attached hydrogens (tertiary/aromatic N) is 5. The van der Waals surface area contributed by atoms with E-state index in [1.165, 1.54) is 6.07 Å². The predicted molar refractivity (Wildman–Crippen MR) is 63.2 cm³/mol. The molecule has 0 atom stereocenters. The molecule has 1 fully saturated rings. The second kappa shape index (κ2) is 4.05. The van der Waals surface area contributed by atoms with Gasteiger partial charge >= 0.3 is 6.18 Å². The number of alkyl halides is 3. The lowest BCUT2D eigenvalue weighted by molar-refractivity contribution is -0.146. The number of halogens is 3. The van der Waals surface area contributed by atoms with Gasteiger partial charge in [-0.05, 0) is 18.6 Å². The summed E-state index contributed by atoms with van der Waals surface area (Å²) in [6, 6.07) is 2.99. The Hall–Kier alpha value is -1.90. The van der Waals surface area contributed by atoms with Crippen LogP contribution >= 0.6 is 0 Å². The molecule has 0 bridgehead atoms. The number of hydrogen-bond acceptors (Lipinski definition) is 5. The first-order valence-corrected chi connectivity index (χ1v) is 6.09. The Bertz CT molecular complexity index is 647. The quantitative estimate of drug-likeness (QED) is 0.896. The summed E-state index contributed by atoms with van der Waals surface area (Å²) in [5.41, 5.74) is -0.746. The molecule has 1 saturated heterocycles.